The zero-order chi connectivity index (χ0) is 13.0. The maximum atomic E-state index is 11.5. The zero-order valence-electron chi connectivity index (χ0n) is 10.8. The summed E-state index contributed by atoms with van der Waals surface area (Å²) in [5.74, 6) is -0.764. The van der Waals surface area contributed by atoms with Gasteiger partial charge in [-0.15, -0.1) is 0 Å². The highest BCUT2D eigenvalue weighted by Gasteiger charge is 2.24. The molecule has 0 bridgehead atoms. The number of hydrogen-bond donors (Lipinski definition) is 0. The van der Waals surface area contributed by atoms with Gasteiger partial charge in [0.15, 0.2) is 0 Å². The van der Waals surface area contributed by atoms with Crippen LogP contribution >= 0.6 is 0 Å². The molecule has 0 radical (unpaired) electrons. The number of Topliss-reactive ketones (excluding diaryl/α,β-unsaturated/α-hetero) is 1. The molecule has 1 amide bonds. The van der Waals surface area contributed by atoms with Gasteiger partial charge in [-0.1, -0.05) is 12.7 Å². The Balaban J connectivity index is 2.54. The third-order valence-corrected chi connectivity index (χ3v) is 3.14. The molecule has 0 aromatic carbocycles. The van der Waals surface area contributed by atoms with Crippen LogP contribution in [0.4, 0.5) is 0 Å². The highest BCUT2D eigenvalue weighted by Crippen LogP contribution is 2.15. The van der Waals surface area contributed by atoms with Crippen LogP contribution in [0.1, 0.15) is 20.8 Å². The van der Waals surface area contributed by atoms with Crippen LogP contribution in [0.5, 0.6) is 0 Å². The standard InChI is InChI=1S/C13H20N2O2/c1-5-10(2)11(3)14-6-8-15(9-7-14)13(17)12(4)16/h5H,3,6-9H2,1-2,4H3/b10-5+. The fourth-order valence-corrected chi connectivity index (χ4v) is 1.82. The van der Waals surface area contributed by atoms with Crippen LogP contribution in [-0.2, 0) is 9.59 Å². The number of ketones is 1. The maximum absolute atomic E-state index is 11.5. The van der Waals surface area contributed by atoms with Crippen LogP contribution in [0.2, 0.25) is 0 Å². The maximum Gasteiger partial charge on any atom is 0.289 e. The molecule has 0 saturated carbocycles. The van der Waals surface area contributed by atoms with E-state index in [2.05, 4.69) is 11.5 Å². The lowest BCUT2D eigenvalue weighted by Gasteiger charge is -2.36. The second-order valence-electron chi connectivity index (χ2n) is 4.25. The molecule has 1 saturated heterocycles. The first-order valence-corrected chi connectivity index (χ1v) is 5.84. The summed E-state index contributed by atoms with van der Waals surface area (Å²) < 4.78 is 0. The van der Waals surface area contributed by atoms with Gasteiger partial charge in [-0.05, 0) is 19.4 Å². The quantitative estimate of drug-likeness (QED) is 0.546. The van der Waals surface area contributed by atoms with Gasteiger partial charge in [0.25, 0.3) is 5.91 Å². The van der Waals surface area contributed by atoms with E-state index >= 15 is 0 Å². The van der Waals surface area contributed by atoms with E-state index in [1.165, 1.54) is 6.92 Å². The summed E-state index contributed by atoms with van der Waals surface area (Å²) in [5, 5.41) is 0. The van der Waals surface area contributed by atoms with Crippen molar-refractivity contribution < 1.29 is 9.59 Å². The number of allylic oxidation sites excluding steroid dienone is 2. The summed E-state index contributed by atoms with van der Waals surface area (Å²) in [6.45, 7) is 12.0. The zero-order valence-corrected chi connectivity index (χ0v) is 10.8. The molecule has 0 atom stereocenters. The minimum absolute atomic E-state index is 0.377. The lowest BCUT2D eigenvalue weighted by molar-refractivity contribution is -0.144. The van der Waals surface area contributed by atoms with Gasteiger partial charge >= 0.3 is 0 Å². The first-order chi connectivity index (χ1) is 7.97. The molecule has 4 heteroatoms. The first-order valence-electron chi connectivity index (χ1n) is 5.84. The highest BCUT2D eigenvalue weighted by molar-refractivity contribution is 6.35. The molecule has 1 aliphatic rings. The molecule has 1 aliphatic heterocycles. The van der Waals surface area contributed by atoms with Crippen LogP contribution in [-0.4, -0.2) is 47.7 Å². The largest absolute Gasteiger partial charge is 0.368 e. The predicted octanol–water partition coefficient (Wildman–Crippen LogP) is 1.20. The summed E-state index contributed by atoms with van der Waals surface area (Å²) in [7, 11) is 0. The van der Waals surface area contributed by atoms with Crippen LogP contribution in [0, 0.1) is 0 Å². The molecular formula is C13H20N2O2. The Labute approximate surface area is 103 Å². The number of piperazine rings is 1. The molecule has 0 aliphatic carbocycles. The van der Waals surface area contributed by atoms with E-state index in [-0.39, 0.29) is 11.7 Å². The van der Waals surface area contributed by atoms with Gasteiger partial charge in [0, 0.05) is 38.8 Å². The van der Waals surface area contributed by atoms with Gasteiger partial charge in [0.2, 0.25) is 5.78 Å². The summed E-state index contributed by atoms with van der Waals surface area (Å²) in [5.41, 5.74) is 2.15. The van der Waals surface area contributed by atoms with Crippen molar-refractivity contribution in [2.45, 2.75) is 20.8 Å². The third-order valence-electron chi connectivity index (χ3n) is 3.14. The van der Waals surface area contributed by atoms with E-state index in [1.54, 1.807) is 4.90 Å². The second kappa shape index (κ2) is 5.66. The van der Waals surface area contributed by atoms with Gasteiger partial charge in [0.05, 0.1) is 0 Å². The van der Waals surface area contributed by atoms with Gasteiger partial charge in [0.1, 0.15) is 0 Å². The Bertz CT molecular complexity index is 364. The number of rotatable bonds is 3. The highest BCUT2D eigenvalue weighted by atomic mass is 16.2. The summed E-state index contributed by atoms with van der Waals surface area (Å²) in [4.78, 5) is 26.2. The number of hydrogen-bond acceptors (Lipinski definition) is 3. The molecule has 4 nitrogen and oxygen atoms in total. The fraction of sp³-hybridized carbons (Fsp3) is 0.538. The van der Waals surface area contributed by atoms with Crippen LogP contribution in [0.25, 0.3) is 0 Å². The first kappa shape index (κ1) is 13.5. The van der Waals surface area contributed by atoms with Crippen molar-refractivity contribution in [3.8, 4) is 0 Å². The Morgan fingerprint density at radius 2 is 1.53 bits per heavy atom. The Hall–Kier alpha value is -1.58. The van der Waals surface area contributed by atoms with E-state index < -0.39 is 0 Å². The topological polar surface area (TPSA) is 40.6 Å². The Morgan fingerprint density at radius 1 is 1.06 bits per heavy atom. The van der Waals surface area contributed by atoms with E-state index in [0.717, 1.165) is 24.4 Å². The summed E-state index contributed by atoms with van der Waals surface area (Å²) in [6, 6.07) is 0. The lowest BCUT2D eigenvalue weighted by Crippen LogP contribution is -2.49. The molecule has 0 unspecified atom stereocenters. The average Bonchev–Trinajstić information content (AvgIpc) is 2.36. The molecule has 1 fully saturated rings. The lowest BCUT2D eigenvalue weighted by atomic mass is 10.1. The van der Waals surface area contributed by atoms with E-state index in [1.807, 2.05) is 19.9 Å². The van der Waals surface area contributed by atoms with Gasteiger partial charge in [-0.25, -0.2) is 0 Å². The van der Waals surface area contributed by atoms with Crippen molar-refractivity contribution in [1.29, 1.82) is 0 Å². The molecule has 0 N–H and O–H groups in total. The van der Waals surface area contributed by atoms with Gasteiger partial charge in [-0.2, -0.15) is 0 Å². The smallest absolute Gasteiger partial charge is 0.289 e. The third kappa shape index (κ3) is 3.19. The molecular weight excluding hydrogens is 216 g/mol. The molecule has 0 aromatic heterocycles. The SMILES string of the molecule is C=C(/C(C)=C/C)N1CCN(C(=O)C(C)=O)CC1. The van der Waals surface area contributed by atoms with Gasteiger partial charge in [-0.3, -0.25) is 9.59 Å². The molecule has 1 rings (SSSR count). The number of amides is 1. The van der Waals surface area contributed by atoms with Crippen molar-refractivity contribution in [2.24, 2.45) is 0 Å². The summed E-state index contributed by atoms with van der Waals surface area (Å²) in [6.07, 6.45) is 2.02. The van der Waals surface area contributed by atoms with Crippen LogP contribution in [0.3, 0.4) is 0 Å². The minimum atomic E-state index is -0.387. The Kier molecular flexibility index (Phi) is 4.49. The molecule has 1 heterocycles. The van der Waals surface area contributed by atoms with Crippen molar-refractivity contribution in [2.75, 3.05) is 26.2 Å². The van der Waals surface area contributed by atoms with E-state index in [4.69, 9.17) is 0 Å². The van der Waals surface area contributed by atoms with E-state index in [9.17, 15) is 9.59 Å². The van der Waals surface area contributed by atoms with Crippen molar-refractivity contribution in [3.63, 3.8) is 0 Å². The normalized spacial score (nSPS) is 17.0. The summed E-state index contributed by atoms with van der Waals surface area (Å²) >= 11 is 0. The van der Waals surface area contributed by atoms with Crippen molar-refractivity contribution in [3.05, 3.63) is 23.9 Å². The van der Waals surface area contributed by atoms with Crippen LogP contribution in [0.15, 0.2) is 23.9 Å². The average molecular weight is 236 g/mol. The molecule has 0 spiro atoms. The van der Waals surface area contributed by atoms with E-state index in [0.29, 0.717) is 13.1 Å². The minimum Gasteiger partial charge on any atom is -0.368 e. The fourth-order valence-electron chi connectivity index (χ4n) is 1.82. The number of carbonyl (C=O) groups is 2. The van der Waals surface area contributed by atoms with Gasteiger partial charge < -0.3 is 9.80 Å². The molecule has 0 aromatic rings. The Morgan fingerprint density at radius 3 is 1.94 bits per heavy atom. The monoisotopic (exact) mass is 236 g/mol. The molecule has 94 valence electrons. The predicted molar refractivity (Wildman–Crippen MR) is 67.4 cm³/mol. The van der Waals surface area contributed by atoms with Crippen LogP contribution < -0.4 is 0 Å². The van der Waals surface area contributed by atoms with Crippen molar-refractivity contribution in [1.82, 2.24) is 9.80 Å². The number of nitrogens with zero attached hydrogens (tertiary/aromatic N) is 2. The second-order valence-corrected chi connectivity index (χ2v) is 4.25. The molecule has 17 heavy (non-hydrogen) atoms. The van der Waals surface area contributed by atoms with Crippen molar-refractivity contribution >= 4 is 11.7 Å². The number of carbonyl (C=O) groups excluding carboxylic acids is 2.